The summed E-state index contributed by atoms with van der Waals surface area (Å²) in [7, 11) is 0. The maximum Gasteiger partial charge on any atom is 0.245 e. The SMILES string of the molecule is CC(=O)N[C@@H](CO)C(=O)NCC(=O)N[C@@H](CCCN=C(N)NCCC[C@H]1O[C@@H](n2cnc3c(N)ncnc32)[C@H](O)[C@@H]1O)C(=O)NCC(=O)N[C@@H](CCCCN)C(=O)NCC(=O)NCC(=O)N[C@@H](CCCCN)C(N)=O. The number of amides is 9. The fourth-order valence-electron chi connectivity index (χ4n) is 7.42. The molecule has 0 unspecified atom stereocenters. The molecule has 418 valence electrons. The van der Waals surface area contributed by atoms with Gasteiger partial charge in [0, 0.05) is 20.0 Å². The van der Waals surface area contributed by atoms with E-state index in [-0.39, 0.29) is 57.1 Å². The number of unbranched alkanes of at least 4 members (excludes halogenated alkanes) is 2. The molecule has 3 heterocycles. The lowest BCUT2D eigenvalue weighted by molar-refractivity contribution is -0.133. The average Bonchev–Trinajstić information content (AvgIpc) is 3.93. The van der Waals surface area contributed by atoms with Crippen LogP contribution in [0.1, 0.15) is 77.4 Å². The standard InChI is InChI=1S/C43H73N19O13/c1-23(64)58-27(20-63)41(74)54-19-32(68)61-26(10-6-14-49-43(48)50-15-7-11-28-34(69)35(70)42(75-28)62-22-57-33-36(46)55-21-56-38(33)62)40(73)53-18-31(67)60-25(9-3-5-13-45)39(72)52-16-29(65)51-17-30(66)59-24(37(47)71)8-2-4-12-44/h21-22,24-28,34-35,42,63,69-70H,2-20,44-45H2,1H3,(H2,47,71)(H,51,65)(H,52,72)(H,53,73)(H,54,74)(H,58,64)(H,59,66)(H,60,67)(H,61,68)(H2,46,55,56)(H3,48,49,50)/t24-,25-,26-,27-,28+,34+,35+,42+/m0/s1. The second kappa shape index (κ2) is 32.7. The van der Waals surface area contributed by atoms with E-state index in [1.807, 2.05) is 0 Å². The molecule has 3 rings (SSSR count). The highest BCUT2D eigenvalue weighted by Gasteiger charge is 2.44. The second-order valence-corrected chi connectivity index (χ2v) is 17.3. The molecule has 1 aliphatic rings. The molecule has 32 heteroatoms. The van der Waals surface area contributed by atoms with Gasteiger partial charge in [-0.3, -0.25) is 52.7 Å². The zero-order valence-electron chi connectivity index (χ0n) is 41.8. The van der Waals surface area contributed by atoms with Gasteiger partial charge >= 0.3 is 0 Å². The number of ether oxygens (including phenoxy) is 1. The van der Waals surface area contributed by atoms with Gasteiger partial charge in [-0.15, -0.1) is 0 Å². The van der Waals surface area contributed by atoms with Gasteiger partial charge in [0.25, 0.3) is 0 Å². The number of rotatable bonds is 34. The molecule has 2 aromatic heterocycles. The first kappa shape index (κ1) is 61.9. The van der Waals surface area contributed by atoms with Crippen LogP contribution in [0.2, 0.25) is 0 Å². The van der Waals surface area contributed by atoms with Gasteiger partial charge in [0.05, 0.1) is 45.2 Å². The van der Waals surface area contributed by atoms with Gasteiger partial charge in [-0.05, 0) is 77.3 Å². The summed E-state index contributed by atoms with van der Waals surface area (Å²) in [5.74, 6) is -6.79. The first-order valence-corrected chi connectivity index (χ1v) is 24.3. The predicted octanol–water partition coefficient (Wildman–Crippen LogP) is -8.35. The minimum Gasteiger partial charge on any atom is -0.394 e. The number of aromatic nitrogens is 4. The van der Waals surface area contributed by atoms with Gasteiger partial charge in [0.15, 0.2) is 23.7 Å². The largest absolute Gasteiger partial charge is 0.394 e. The lowest BCUT2D eigenvalue weighted by Gasteiger charge is -2.21. The predicted molar refractivity (Wildman–Crippen MR) is 266 cm³/mol. The van der Waals surface area contributed by atoms with E-state index in [0.29, 0.717) is 56.2 Å². The van der Waals surface area contributed by atoms with Crippen molar-refractivity contribution in [2.24, 2.45) is 27.9 Å². The summed E-state index contributed by atoms with van der Waals surface area (Å²) >= 11 is 0. The number of carbonyl (C=O) groups is 9. The molecular weight excluding hydrogens is 991 g/mol. The molecule has 0 radical (unpaired) electrons. The van der Waals surface area contributed by atoms with E-state index in [4.69, 9.17) is 33.4 Å². The van der Waals surface area contributed by atoms with Crippen molar-refractivity contribution >= 4 is 76.1 Å². The smallest absolute Gasteiger partial charge is 0.245 e. The zero-order chi connectivity index (χ0) is 55.5. The molecule has 1 fully saturated rings. The Hall–Kier alpha value is -7.39. The van der Waals surface area contributed by atoms with Crippen LogP contribution in [0.4, 0.5) is 5.82 Å². The Labute approximate surface area is 431 Å². The number of nitrogens with one attached hydrogen (secondary N) is 9. The van der Waals surface area contributed by atoms with Gasteiger partial charge in [0.2, 0.25) is 53.2 Å². The van der Waals surface area contributed by atoms with E-state index in [0.717, 1.165) is 6.92 Å². The molecule has 75 heavy (non-hydrogen) atoms. The Morgan fingerprint density at radius 2 is 1.20 bits per heavy atom. The number of anilines is 1. The number of aliphatic imine (C=N–C) groups is 1. The molecule has 0 bridgehead atoms. The summed E-state index contributed by atoms with van der Waals surface area (Å²) in [6.07, 6.45) is 1.58. The maximum absolute atomic E-state index is 13.5. The quantitative estimate of drug-likeness (QED) is 0.0176. The molecular formula is C43H73N19O13. The number of nitrogens with two attached hydrogens (primary N) is 5. The topological polar surface area (TPSA) is 518 Å². The highest BCUT2D eigenvalue weighted by molar-refractivity contribution is 5.95. The Morgan fingerprint density at radius 3 is 1.76 bits per heavy atom. The molecule has 0 spiro atoms. The van der Waals surface area contributed by atoms with E-state index >= 15 is 0 Å². The van der Waals surface area contributed by atoms with Crippen LogP contribution >= 0.6 is 0 Å². The first-order valence-electron chi connectivity index (χ1n) is 24.3. The van der Waals surface area contributed by atoms with Crippen LogP contribution in [-0.2, 0) is 47.9 Å². The van der Waals surface area contributed by atoms with Crippen molar-refractivity contribution in [3.05, 3.63) is 12.7 Å². The second-order valence-electron chi connectivity index (χ2n) is 17.3. The molecule has 1 saturated heterocycles. The summed E-state index contributed by atoms with van der Waals surface area (Å²) in [5.41, 5.74) is 29.0. The van der Waals surface area contributed by atoms with Crippen molar-refractivity contribution < 1.29 is 63.2 Å². The summed E-state index contributed by atoms with van der Waals surface area (Å²) in [6, 6.07) is -4.81. The van der Waals surface area contributed by atoms with Crippen molar-refractivity contribution in [1.82, 2.24) is 67.4 Å². The maximum atomic E-state index is 13.5. The lowest BCUT2D eigenvalue weighted by Crippen LogP contribution is -2.54. The van der Waals surface area contributed by atoms with E-state index < -0.39 is 135 Å². The van der Waals surface area contributed by atoms with E-state index in [1.165, 1.54) is 17.2 Å². The van der Waals surface area contributed by atoms with Crippen LogP contribution in [0.25, 0.3) is 11.2 Å². The van der Waals surface area contributed by atoms with Crippen molar-refractivity contribution in [2.75, 3.05) is 64.7 Å². The minimum absolute atomic E-state index is 0.0307. The molecule has 0 aliphatic carbocycles. The minimum atomic E-state index is -1.35. The average molecular weight is 1060 g/mol. The first-order chi connectivity index (χ1) is 35.8. The Bertz CT molecular complexity index is 2270. The number of hydrogen-bond acceptors (Lipinski definition) is 20. The Balaban J connectivity index is 1.54. The summed E-state index contributed by atoms with van der Waals surface area (Å²) in [5, 5.41) is 52.9. The molecule has 2 aromatic rings. The monoisotopic (exact) mass is 1060 g/mol. The molecule has 8 atom stereocenters. The van der Waals surface area contributed by atoms with Gasteiger partial charge in [0.1, 0.15) is 48.2 Å². The molecule has 0 saturated carbocycles. The van der Waals surface area contributed by atoms with Crippen LogP contribution in [0.3, 0.4) is 0 Å². The molecule has 32 nitrogen and oxygen atoms in total. The van der Waals surface area contributed by atoms with E-state index in [2.05, 4.69) is 67.8 Å². The molecule has 1 aliphatic heterocycles. The Kier molecular flexibility index (Phi) is 27.0. The van der Waals surface area contributed by atoms with E-state index in [9.17, 15) is 58.5 Å². The van der Waals surface area contributed by atoms with Crippen molar-refractivity contribution in [3.8, 4) is 0 Å². The van der Waals surface area contributed by atoms with Crippen molar-refractivity contribution in [3.63, 3.8) is 0 Å². The number of hydrogen-bond donors (Lipinski definition) is 17. The number of guanidine groups is 1. The summed E-state index contributed by atoms with van der Waals surface area (Å²) < 4.78 is 7.43. The third-order valence-electron chi connectivity index (χ3n) is 11.4. The summed E-state index contributed by atoms with van der Waals surface area (Å²) in [4.78, 5) is 130. The number of imidazole rings is 1. The number of fused-ring (bicyclic) bond motifs is 1. The van der Waals surface area contributed by atoms with Crippen LogP contribution in [0.5, 0.6) is 0 Å². The van der Waals surface area contributed by atoms with Gasteiger partial charge in [-0.25, -0.2) is 15.0 Å². The van der Waals surface area contributed by atoms with Gasteiger partial charge < -0.3 is 96.6 Å². The van der Waals surface area contributed by atoms with Crippen molar-refractivity contribution in [1.29, 1.82) is 0 Å². The van der Waals surface area contributed by atoms with Gasteiger partial charge in [-0.1, -0.05) is 0 Å². The van der Waals surface area contributed by atoms with Crippen LogP contribution in [0.15, 0.2) is 17.6 Å². The molecule has 22 N–H and O–H groups in total. The molecule has 9 amide bonds. The highest BCUT2D eigenvalue weighted by Crippen LogP contribution is 2.33. The third-order valence-corrected chi connectivity index (χ3v) is 11.4. The van der Waals surface area contributed by atoms with Crippen LogP contribution in [-0.4, -0.2) is 195 Å². The van der Waals surface area contributed by atoms with Crippen molar-refractivity contribution in [2.45, 2.75) is 120 Å². The fraction of sp³-hybridized carbons (Fsp3) is 0.651. The number of aliphatic hydroxyl groups excluding tert-OH is 3. The Morgan fingerprint density at radius 1 is 0.667 bits per heavy atom. The third kappa shape index (κ3) is 21.5. The molecule has 0 aromatic carbocycles. The van der Waals surface area contributed by atoms with Gasteiger partial charge in [-0.2, -0.15) is 0 Å². The number of nitrogen functional groups attached to an aromatic ring is 1. The van der Waals surface area contributed by atoms with Crippen LogP contribution < -0.4 is 76.5 Å². The van der Waals surface area contributed by atoms with E-state index in [1.54, 1.807) is 0 Å². The lowest BCUT2D eigenvalue weighted by atomic mass is 10.1. The van der Waals surface area contributed by atoms with Crippen LogP contribution in [0, 0.1) is 0 Å². The summed E-state index contributed by atoms with van der Waals surface area (Å²) in [6.45, 7) is -1.08. The fourth-order valence-corrected chi connectivity index (χ4v) is 7.42. The normalized spacial score (nSPS) is 17.9. The number of carbonyl (C=O) groups excluding carboxylic acids is 9. The highest BCUT2D eigenvalue weighted by atomic mass is 16.6. The number of primary amides is 1. The number of aliphatic hydroxyl groups is 3. The zero-order valence-corrected chi connectivity index (χ0v) is 41.8. The number of nitrogens with zero attached hydrogens (tertiary/aromatic N) is 5.